The van der Waals surface area contributed by atoms with E-state index in [1.54, 1.807) is 0 Å². The minimum Gasteiger partial charge on any atom is -0.356 e. The lowest BCUT2D eigenvalue weighted by molar-refractivity contribution is 0.226. The number of benzene rings is 1. The van der Waals surface area contributed by atoms with Crippen LogP contribution in [0.15, 0.2) is 12.1 Å². The van der Waals surface area contributed by atoms with Gasteiger partial charge in [-0.25, -0.2) is 8.78 Å². The zero-order chi connectivity index (χ0) is 13.6. The highest BCUT2D eigenvalue weighted by atomic mass is 19.1. The van der Waals surface area contributed by atoms with Crippen molar-refractivity contribution >= 4 is 10.9 Å². The van der Waals surface area contributed by atoms with Crippen molar-refractivity contribution in [3.63, 3.8) is 0 Å². The number of rotatable bonds is 2. The maximum Gasteiger partial charge on any atom is 0.150 e. The molecule has 2 aromatic rings. The van der Waals surface area contributed by atoms with Crippen LogP contribution in [-0.2, 0) is 13.0 Å². The van der Waals surface area contributed by atoms with Gasteiger partial charge in [0.05, 0.1) is 5.52 Å². The maximum absolute atomic E-state index is 13.8. The molecule has 2 nitrogen and oxygen atoms in total. The first-order valence-electron chi connectivity index (χ1n) is 6.75. The van der Waals surface area contributed by atoms with Gasteiger partial charge in [0.1, 0.15) is 11.6 Å². The standard InChI is InChI=1S/C15H18F2N2/c1-9(2)7-19-4-3-14-12(8-19)11-5-10(16)6-13(17)15(11)18-14/h5-6,9,18H,3-4,7-8H2,1-2H3. The van der Waals surface area contributed by atoms with Crippen LogP contribution in [-0.4, -0.2) is 23.0 Å². The first kappa shape index (κ1) is 12.6. The number of nitrogens with zero attached hydrogens (tertiary/aromatic N) is 1. The van der Waals surface area contributed by atoms with Crippen LogP contribution in [0, 0.1) is 17.6 Å². The third kappa shape index (κ3) is 2.25. The molecular weight excluding hydrogens is 246 g/mol. The molecule has 0 fully saturated rings. The molecule has 0 saturated heterocycles. The summed E-state index contributed by atoms with van der Waals surface area (Å²) in [7, 11) is 0. The summed E-state index contributed by atoms with van der Waals surface area (Å²) in [5.74, 6) is -0.409. The minimum atomic E-state index is -0.507. The van der Waals surface area contributed by atoms with Gasteiger partial charge in [-0.3, -0.25) is 4.90 Å². The molecular formula is C15H18F2N2. The minimum absolute atomic E-state index is 0.442. The molecule has 19 heavy (non-hydrogen) atoms. The number of aromatic nitrogens is 1. The number of nitrogens with one attached hydrogen (secondary N) is 1. The monoisotopic (exact) mass is 264 g/mol. The maximum atomic E-state index is 13.8. The predicted molar refractivity (Wildman–Crippen MR) is 72.0 cm³/mol. The van der Waals surface area contributed by atoms with E-state index in [1.807, 2.05) is 0 Å². The summed E-state index contributed by atoms with van der Waals surface area (Å²) in [5, 5.41) is 0.695. The van der Waals surface area contributed by atoms with Crippen LogP contribution in [0.4, 0.5) is 8.78 Å². The van der Waals surface area contributed by atoms with Crippen molar-refractivity contribution in [3.8, 4) is 0 Å². The van der Waals surface area contributed by atoms with Gasteiger partial charge in [-0.2, -0.15) is 0 Å². The quantitative estimate of drug-likeness (QED) is 0.880. The van der Waals surface area contributed by atoms with E-state index in [2.05, 4.69) is 23.7 Å². The summed E-state index contributed by atoms with van der Waals surface area (Å²) in [4.78, 5) is 5.47. The normalized spacial score (nSPS) is 16.3. The van der Waals surface area contributed by atoms with Crippen molar-refractivity contribution in [1.82, 2.24) is 9.88 Å². The molecule has 0 saturated carbocycles. The van der Waals surface area contributed by atoms with E-state index in [9.17, 15) is 8.78 Å². The summed E-state index contributed by atoms with van der Waals surface area (Å²) >= 11 is 0. The summed E-state index contributed by atoms with van der Waals surface area (Å²) in [6, 6.07) is 2.38. The van der Waals surface area contributed by atoms with E-state index in [0.29, 0.717) is 16.8 Å². The summed E-state index contributed by atoms with van der Waals surface area (Å²) < 4.78 is 27.1. The van der Waals surface area contributed by atoms with Gasteiger partial charge < -0.3 is 4.98 Å². The Labute approximate surface area is 111 Å². The van der Waals surface area contributed by atoms with Crippen LogP contribution < -0.4 is 0 Å². The average Bonchev–Trinajstić information content (AvgIpc) is 2.67. The van der Waals surface area contributed by atoms with Crippen LogP contribution in [0.5, 0.6) is 0 Å². The molecule has 0 spiro atoms. The van der Waals surface area contributed by atoms with Crippen LogP contribution in [0.1, 0.15) is 25.1 Å². The third-order valence-electron chi connectivity index (χ3n) is 3.70. The number of aromatic amines is 1. The SMILES string of the molecule is CC(C)CN1CCc2[nH]c3c(F)cc(F)cc3c2C1. The molecule has 1 aliphatic rings. The van der Waals surface area contributed by atoms with Crippen molar-refractivity contribution in [2.45, 2.75) is 26.8 Å². The van der Waals surface area contributed by atoms with Gasteiger partial charge in [0.25, 0.3) is 0 Å². The number of H-pyrrole nitrogens is 1. The van der Waals surface area contributed by atoms with Gasteiger partial charge in [-0.15, -0.1) is 0 Å². The van der Waals surface area contributed by atoms with Crippen LogP contribution >= 0.6 is 0 Å². The van der Waals surface area contributed by atoms with Crippen LogP contribution in [0.25, 0.3) is 10.9 Å². The van der Waals surface area contributed by atoms with Gasteiger partial charge in [0.15, 0.2) is 0 Å². The Hall–Kier alpha value is -1.42. The second-order valence-corrected chi connectivity index (χ2v) is 5.77. The highest BCUT2D eigenvalue weighted by Gasteiger charge is 2.22. The second-order valence-electron chi connectivity index (χ2n) is 5.77. The number of hydrogen-bond acceptors (Lipinski definition) is 1. The molecule has 4 heteroatoms. The van der Waals surface area contributed by atoms with E-state index in [-0.39, 0.29) is 0 Å². The van der Waals surface area contributed by atoms with Gasteiger partial charge >= 0.3 is 0 Å². The number of hydrogen-bond donors (Lipinski definition) is 1. The fraction of sp³-hybridized carbons (Fsp3) is 0.467. The molecule has 1 N–H and O–H groups in total. The van der Waals surface area contributed by atoms with Gasteiger partial charge in [-0.05, 0) is 17.5 Å². The Kier molecular flexibility index (Phi) is 3.05. The highest BCUT2D eigenvalue weighted by molar-refractivity contribution is 5.85. The average molecular weight is 264 g/mol. The largest absolute Gasteiger partial charge is 0.356 e. The lowest BCUT2D eigenvalue weighted by Gasteiger charge is -2.28. The summed E-state index contributed by atoms with van der Waals surface area (Å²) in [6.07, 6.45) is 0.873. The Bertz CT molecular complexity index is 616. The lowest BCUT2D eigenvalue weighted by atomic mass is 10.0. The molecule has 1 aliphatic heterocycles. The molecule has 2 heterocycles. The van der Waals surface area contributed by atoms with Crippen molar-refractivity contribution < 1.29 is 8.78 Å². The van der Waals surface area contributed by atoms with Crippen molar-refractivity contribution in [1.29, 1.82) is 0 Å². The van der Waals surface area contributed by atoms with E-state index < -0.39 is 11.6 Å². The highest BCUT2D eigenvalue weighted by Crippen LogP contribution is 2.30. The molecule has 0 radical (unpaired) electrons. The molecule has 1 aromatic carbocycles. The number of halogens is 2. The van der Waals surface area contributed by atoms with Gasteiger partial charge in [0.2, 0.25) is 0 Å². The zero-order valence-corrected chi connectivity index (χ0v) is 11.3. The van der Waals surface area contributed by atoms with Gasteiger partial charge in [0, 0.05) is 43.2 Å². The van der Waals surface area contributed by atoms with E-state index in [1.165, 1.54) is 6.07 Å². The van der Waals surface area contributed by atoms with Crippen LogP contribution in [0.3, 0.4) is 0 Å². The first-order valence-corrected chi connectivity index (χ1v) is 6.75. The van der Waals surface area contributed by atoms with E-state index in [0.717, 1.165) is 43.4 Å². The Morgan fingerprint density at radius 3 is 2.84 bits per heavy atom. The Morgan fingerprint density at radius 1 is 1.32 bits per heavy atom. The molecule has 0 aliphatic carbocycles. The third-order valence-corrected chi connectivity index (χ3v) is 3.70. The van der Waals surface area contributed by atoms with E-state index >= 15 is 0 Å². The Balaban J connectivity index is 2.03. The fourth-order valence-electron chi connectivity index (χ4n) is 2.97. The fourth-order valence-corrected chi connectivity index (χ4v) is 2.97. The second kappa shape index (κ2) is 4.60. The lowest BCUT2D eigenvalue weighted by Crippen LogP contribution is -2.33. The number of fused-ring (bicyclic) bond motifs is 3. The molecule has 0 bridgehead atoms. The molecule has 102 valence electrons. The van der Waals surface area contributed by atoms with Gasteiger partial charge in [-0.1, -0.05) is 13.8 Å². The smallest absolute Gasteiger partial charge is 0.150 e. The first-order chi connectivity index (χ1) is 9.04. The zero-order valence-electron chi connectivity index (χ0n) is 11.3. The molecule has 3 rings (SSSR count). The van der Waals surface area contributed by atoms with Crippen molar-refractivity contribution in [3.05, 3.63) is 35.0 Å². The van der Waals surface area contributed by atoms with Crippen molar-refractivity contribution in [2.75, 3.05) is 13.1 Å². The predicted octanol–water partition coefficient (Wildman–Crippen LogP) is 3.46. The molecule has 0 unspecified atom stereocenters. The summed E-state index contributed by atoms with van der Waals surface area (Å²) in [6.45, 7) is 7.14. The van der Waals surface area contributed by atoms with Crippen LogP contribution in [0.2, 0.25) is 0 Å². The summed E-state index contributed by atoms with van der Waals surface area (Å²) in [5.41, 5.74) is 2.55. The van der Waals surface area contributed by atoms with E-state index in [4.69, 9.17) is 0 Å². The topological polar surface area (TPSA) is 19.0 Å². The molecule has 1 aromatic heterocycles. The molecule has 0 amide bonds. The molecule has 0 atom stereocenters. The Morgan fingerprint density at radius 2 is 2.11 bits per heavy atom. The van der Waals surface area contributed by atoms with Crippen molar-refractivity contribution in [2.24, 2.45) is 5.92 Å².